The van der Waals surface area contributed by atoms with Gasteiger partial charge in [0.25, 0.3) is 0 Å². The van der Waals surface area contributed by atoms with E-state index in [4.69, 9.17) is 23.4 Å². The summed E-state index contributed by atoms with van der Waals surface area (Å²) in [6.45, 7) is 25.2. The fraction of sp³-hybridized carbons (Fsp3) is 0.929. The zero-order valence-corrected chi connectivity index (χ0v) is 26.8. The van der Waals surface area contributed by atoms with E-state index in [9.17, 15) is 14.7 Å². The first kappa shape index (κ1) is 36.0. The highest BCUT2D eigenvalue weighted by Crippen LogP contribution is 2.41. The maximum absolute atomic E-state index is 12.4. The van der Waals surface area contributed by atoms with Crippen molar-refractivity contribution in [1.82, 2.24) is 0 Å². The summed E-state index contributed by atoms with van der Waals surface area (Å²) in [6.07, 6.45) is -0.158. The summed E-state index contributed by atoms with van der Waals surface area (Å²) in [6, 6.07) is 0. The van der Waals surface area contributed by atoms with Crippen molar-refractivity contribution in [2.24, 2.45) is 29.1 Å². The predicted molar refractivity (Wildman–Crippen MR) is 149 cm³/mol. The number of aliphatic carboxylic acids is 1. The topological polar surface area (TPSA) is 101 Å². The van der Waals surface area contributed by atoms with Crippen molar-refractivity contribution < 1.29 is 38.1 Å². The van der Waals surface area contributed by atoms with E-state index < -0.39 is 31.7 Å². The number of esters is 1. The number of carbonyl (C=O) groups is 2. The molecule has 0 aromatic rings. The Hall–Kier alpha value is -1.00. The minimum atomic E-state index is -2.29. The van der Waals surface area contributed by atoms with Crippen LogP contribution in [0, 0.1) is 29.1 Å². The first-order valence-electron chi connectivity index (χ1n) is 13.6. The second-order valence-electron chi connectivity index (χ2n) is 12.9. The first-order chi connectivity index (χ1) is 16.8. The third-order valence-corrected chi connectivity index (χ3v) is 12.2. The van der Waals surface area contributed by atoms with Crippen LogP contribution in [-0.2, 0) is 33.0 Å². The molecule has 0 heterocycles. The van der Waals surface area contributed by atoms with Crippen molar-refractivity contribution in [3.05, 3.63) is 0 Å². The molecule has 0 amide bonds. The lowest BCUT2D eigenvalue weighted by molar-refractivity contribution is -0.166. The molecular weight excluding hydrogens is 492 g/mol. The number of hydrogen-bond donors (Lipinski definition) is 1. The van der Waals surface area contributed by atoms with Crippen molar-refractivity contribution in [1.29, 1.82) is 0 Å². The minimum absolute atomic E-state index is 0.0198. The quantitative estimate of drug-likeness (QED) is 0.102. The standard InChI is InChI=1S/C28H56O8Si/c1-14-22(17-34-26(31)27(5,6)7)19(2)23(35-18-33-16-15-32-11)20(3)24(21(4)25(29)30)36-37(12,13)28(8,9)10/h19-24H,14-18H2,1-13H3,(H,29,30)/t19-,20-,21-,22+,23+,24+/m1/s1. The lowest BCUT2D eigenvalue weighted by Crippen LogP contribution is -2.52. The number of ether oxygens (including phenoxy) is 4. The van der Waals surface area contributed by atoms with Gasteiger partial charge in [-0.2, -0.15) is 0 Å². The molecular formula is C28H56O8Si. The first-order valence-corrected chi connectivity index (χ1v) is 16.5. The number of methoxy groups -OCH3 is 1. The van der Waals surface area contributed by atoms with Crippen LogP contribution in [0.25, 0.3) is 0 Å². The van der Waals surface area contributed by atoms with Crippen LogP contribution in [0.5, 0.6) is 0 Å². The third-order valence-electron chi connectivity index (χ3n) is 7.76. The summed E-state index contributed by atoms with van der Waals surface area (Å²) in [5, 5.41) is 9.89. The minimum Gasteiger partial charge on any atom is -0.481 e. The summed E-state index contributed by atoms with van der Waals surface area (Å²) in [5.41, 5.74) is -0.584. The number of hydrogen-bond acceptors (Lipinski definition) is 7. The smallest absolute Gasteiger partial charge is 0.311 e. The highest BCUT2D eigenvalue weighted by Gasteiger charge is 2.45. The molecule has 1 N–H and O–H groups in total. The predicted octanol–water partition coefficient (Wildman–Crippen LogP) is 5.99. The van der Waals surface area contributed by atoms with Gasteiger partial charge in [0.15, 0.2) is 8.32 Å². The second-order valence-corrected chi connectivity index (χ2v) is 17.6. The summed E-state index contributed by atoms with van der Waals surface area (Å²) in [5.74, 6) is -2.16. The Balaban J connectivity index is 6.10. The Morgan fingerprint density at radius 2 is 1.49 bits per heavy atom. The van der Waals surface area contributed by atoms with E-state index >= 15 is 0 Å². The van der Waals surface area contributed by atoms with Gasteiger partial charge < -0.3 is 28.5 Å². The van der Waals surface area contributed by atoms with Gasteiger partial charge >= 0.3 is 11.9 Å². The summed E-state index contributed by atoms with van der Waals surface area (Å²) in [7, 11) is -0.682. The van der Waals surface area contributed by atoms with Crippen LogP contribution in [0.3, 0.4) is 0 Å². The summed E-state index contributed by atoms with van der Waals surface area (Å²) < 4.78 is 29.4. The summed E-state index contributed by atoms with van der Waals surface area (Å²) in [4.78, 5) is 24.6. The highest BCUT2D eigenvalue weighted by atomic mass is 28.4. The van der Waals surface area contributed by atoms with Crippen molar-refractivity contribution in [3.8, 4) is 0 Å². The molecule has 0 aliphatic heterocycles. The van der Waals surface area contributed by atoms with E-state index in [1.54, 1.807) is 14.0 Å². The average Bonchev–Trinajstić information content (AvgIpc) is 2.77. The molecule has 0 aliphatic carbocycles. The molecule has 0 aromatic carbocycles. The van der Waals surface area contributed by atoms with Gasteiger partial charge in [0.1, 0.15) is 6.79 Å². The lowest BCUT2D eigenvalue weighted by atomic mass is 9.78. The number of rotatable bonds is 17. The van der Waals surface area contributed by atoms with Gasteiger partial charge in [-0.25, -0.2) is 0 Å². The van der Waals surface area contributed by atoms with E-state index in [1.807, 2.05) is 27.7 Å². The van der Waals surface area contributed by atoms with Crippen LogP contribution >= 0.6 is 0 Å². The van der Waals surface area contributed by atoms with Crippen LogP contribution in [0.2, 0.25) is 18.1 Å². The van der Waals surface area contributed by atoms with Crippen molar-refractivity contribution in [2.75, 3.05) is 33.7 Å². The molecule has 0 saturated carbocycles. The van der Waals surface area contributed by atoms with E-state index in [1.165, 1.54) is 0 Å². The fourth-order valence-electron chi connectivity index (χ4n) is 3.93. The molecule has 220 valence electrons. The van der Waals surface area contributed by atoms with Crippen molar-refractivity contribution in [2.45, 2.75) is 106 Å². The molecule has 8 nitrogen and oxygen atoms in total. The molecule has 0 saturated heterocycles. The zero-order chi connectivity index (χ0) is 29.2. The van der Waals surface area contributed by atoms with Gasteiger partial charge in [0, 0.05) is 13.0 Å². The van der Waals surface area contributed by atoms with Crippen LogP contribution < -0.4 is 0 Å². The van der Waals surface area contributed by atoms with Crippen LogP contribution in [0.15, 0.2) is 0 Å². The maximum Gasteiger partial charge on any atom is 0.311 e. The average molecular weight is 549 g/mol. The van der Waals surface area contributed by atoms with Crippen molar-refractivity contribution >= 4 is 20.3 Å². The van der Waals surface area contributed by atoms with E-state index in [2.05, 4.69) is 47.7 Å². The van der Waals surface area contributed by atoms with Gasteiger partial charge in [-0.1, -0.05) is 41.5 Å². The Morgan fingerprint density at radius 3 is 1.92 bits per heavy atom. The van der Waals surface area contributed by atoms with Gasteiger partial charge in [0.05, 0.1) is 43.4 Å². The van der Waals surface area contributed by atoms with Crippen LogP contribution in [-0.4, -0.2) is 71.3 Å². The molecule has 0 unspecified atom stereocenters. The SMILES string of the molecule is CC[C@@H](COC(=O)C(C)(C)C)[C@@H](C)[C@H](OCOCCOC)[C@@H](C)[C@H](O[Si](C)(C)C(C)(C)C)[C@@H](C)C(=O)O. The molecule has 0 fully saturated rings. The zero-order valence-electron chi connectivity index (χ0n) is 25.8. The summed E-state index contributed by atoms with van der Waals surface area (Å²) >= 11 is 0. The van der Waals surface area contributed by atoms with Crippen LogP contribution in [0.4, 0.5) is 0 Å². The van der Waals surface area contributed by atoms with Crippen LogP contribution in [0.1, 0.15) is 75.7 Å². The largest absolute Gasteiger partial charge is 0.481 e. The Bertz CT molecular complexity index is 683. The molecule has 0 rings (SSSR count). The molecule has 0 spiro atoms. The van der Waals surface area contributed by atoms with E-state index in [0.717, 1.165) is 6.42 Å². The number of carbonyl (C=O) groups excluding carboxylic acids is 1. The van der Waals surface area contributed by atoms with Gasteiger partial charge in [-0.3, -0.25) is 9.59 Å². The van der Waals surface area contributed by atoms with Crippen molar-refractivity contribution in [3.63, 3.8) is 0 Å². The van der Waals surface area contributed by atoms with Gasteiger partial charge in [0.2, 0.25) is 0 Å². The second kappa shape index (κ2) is 15.6. The van der Waals surface area contributed by atoms with E-state index in [-0.39, 0.29) is 48.3 Å². The van der Waals surface area contributed by atoms with Gasteiger partial charge in [-0.05, 0) is 64.1 Å². The highest BCUT2D eigenvalue weighted by molar-refractivity contribution is 6.74. The lowest BCUT2D eigenvalue weighted by Gasteiger charge is -2.45. The molecule has 0 radical (unpaired) electrons. The Kier molecular flexibility index (Phi) is 15.1. The monoisotopic (exact) mass is 548 g/mol. The molecule has 0 aromatic heterocycles. The third kappa shape index (κ3) is 11.7. The number of carboxylic acid groups (broad SMARTS) is 1. The molecule has 9 heteroatoms. The van der Waals surface area contributed by atoms with Gasteiger partial charge in [-0.15, -0.1) is 0 Å². The molecule has 37 heavy (non-hydrogen) atoms. The maximum atomic E-state index is 12.4. The Morgan fingerprint density at radius 1 is 0.919 bits per heavy atom. The molecule has 0 aliphatic rings. The normalized spacial score (nSPS) is 18.0. The molecule has 0 bridgehead atoms. The Labute approximate surface area is 227 Å². The van der Waals surface area contributed by atoms with E-state index in [0.29, 0.717) is 13.2 Å². The molecule has 6 atom stereocenters. The number of carboxylic acids is 1. The fourth-order valence-corrected chi connectivity index (χ4v) is 5.38.